The smallest absolute Gasteiger partial charge is 0.117 e. The first-order valence-corrected chi connectivity index (χ1v) is 13.1. The highest BCUT2D eigenvalue weighted by molar-refractivity contribution is 7.99. The van der Waals surface area contributed by atoms with Crippen molar-refractivity contribution in [2.45, 2.75) is 11.1 Å². The van der Waals surface area contributed by atoms with Gasteiger partial charge < -0.3 is 0 Å². The average Bonchev–Trinajstić information content (AvgIpc) is 3.21. The van der Waals surface area contributed by atoms with E-state index >= 15 is 0 Å². The maximum absolute atomic E-state index is 2.32. The summed E-state index contributed by atoms with van der Waals surface area (Å²) in [5.41, 5.74) is 0. The summed E-state index contributed by atoms with van der Waals surface area (Å²) < 4.78 is 0. The molecular formula is C24H22PS2+. The Labute approximate surface area is 170 Å². The lowest BCUT2D eigenvalue weighted by Crippen LogP contribution is -2.32. The molecule has 4 rings (SSSR count). The molecule has 0 aliphatic carbocycles. The molecule has 0 amide bonds. The zero-order chi connectivity index (χ0) is 18.5. The third-order valence-electron chi connectivity index (χ3n) is 4.90. The van der Waals surface area contributed by atoms with Crippen LogP contribution in [0.15, 0.2) is 107 Å². The monoisotopic (exact) mass is 405 g/mol. The molecule has 1 aromatic heterocycles. The molecule has 134 valence electrons. The molecule has 0 radical (unpaired) electrons. The van der Waals surface area contributed by atoms with Crippen molar-refractivity contribution >= 4 is 46.3 Å². The first kappa shape index (κ1) is 18.5. The zero-order valence-corrected chi connectivity index (χ0v) is 17.8. The molecule has 0 atom stereocenters. The molecule has 4 aromatic rings. The predicted octanol–water partition coefficient (Wildman–Crippen LogP) is 5.96. The van der Waals surface area contributed by atoms with E-state index < -0.39 is 7.26 Å². The average molecular weight is 406 g/mol. The topological polar surface area (TPSA) is 0 Å². The van der Waals surface area contributed by atoms with Gasteiger partial charge in [-0.3, -0.25) is 0 Å². The highest BCUT2D eigenvalue weighted by Gasteiger charge is 2.46. The Morgan fingerprint density at radius 1 is 0.667 bits per heavy atom. The Morgan fingerprint density at radius 2 is 1.11 bits per heavy atom. The van der Waals surface area contributed by atoms with Crippen molar-refractivity contribution in [2.75, 3.05) is 6.26 Å². The first-order chi connectivity index (χ1) is 13.3. The third-order valence-corrected chi connectivity index (χ3v) is 11.3. The summed E-state index contributed by atoms with van der Waals surface area (Å²) in [7, 11) is -1.79. The molecule has 3 aromatic carbocycles. The molecule has 0 saturated heterocycles. The SMILES string of the molecule is CSc1ccsc1C[P+](c1ccccc1)(c1ccccc1)c1ccccc1. The van der Waals surface area contributed by atoms with E-state index in [4.69, 9.17) is 0 Å². The van der Waals surface area contributed by atoms with Crippen molar-refractivity contribution in [3.63, 3.8) is 0 Å². The summed E-state index contributed by atoms with van der Waals surface area (Å²) in [6.07, 6.45) is 3.25. The van der Waals surface area contributed by atoms with Crippen LogP contribution in [0.1, 0.15) is 4.88 Å². The standard InChI is InChI=1S/C24H22PS2/c1-26-23-17-18-27-24(23)19-25(20-11-5-2-6-12-20,21-13-7-3-8-14-21)22-15-9-4-10-16-22/h2-18H,19H2,1H3/q+1. The lowest BCUT2D eigenvalue weighted by atomic mass is 10.4. The van der Waals surface area contributed by atoms with Crippen LogP contribution in [-0.4, -0.2) is 6.26 Å². The Kier molecular flexibility index (Phi) is 5.78. The van der Waals surface area contributed by atoms with Crippen molar-refractivity contribution in [3.05, 3.63) is 107 Å². The van der Waals surface area contributed by atoms with Gasteiger partial charge in [0.1, 0.15) is 29.3 Å². The second kappa shape index (κ2) is 8.44. The van der Waals surface area contributed by atoms with Gasteiger partial charge >= 0.3 is 0 Å². The van der Waals surface area contributed by atoms with Gasteiger partial charge in [0.25, 0.3) is 0 Å². The Balaban J connectivity index is 2.00. The summed E-state index contributed by atoms with van der Waals surface area (Å²) in [6.45, 7) is 0. The second-order valence-corrected chi connectivity index (χ2v) is 11.7. The van der Waals surface area contributed by atoms with Gasteiger partial charge in [-0.25, -0.2) is 0 Å². The number of rotatable bonds is 6. The lowest BCUT2D eigenvalue weighted by molar-refractivity contribution is 1.36. The molecule has 0 N–H and O–H groups in total. The van der Waals surface area contributed by atoms with Crippen LogP contribution in [-0.2, 0) is 6.16 Å². The zero-order valence-electron chi connectivity index (χ0n) is 15.3. The lowest BCUT2D eigenvalue weighted by Gasteiger charge is -2.27. The van der Waals surface area contributed by atoms with Gasteiger partial charge in [-0.15, -0.1) is 23.1 Å². The van der Waals surface area contributed by atoms with Gasteiger partial charge in [-0.05, 0) is 54.1 Å². The molecule has 27 heavy (non-hydrogen) atoms. The van der Waals surface area contributed by atoms with Crippen LogP contribution in [0.3, 0.4) is 0 Å². The third kappa shape index (κ3) is 3.62. The van der Waals surface area contributed by atoms with Crippen LogP contribution >= 0.6 is 30.4 Å². The Bertz CT molecular complexity index is 882. The molecule has 3 heteroatoms. The number of thiophene rings is 1. The van der Waals surface area contributed by atoms with E-state index in [1.165, 1.54) is 25.7 Å². The van der Waals surface area contributed by atoms with Crippen molar-refractivity contribution in [1.29, 1.82) is 0 Å². The fraction of sp³-hybridized carbons (Fsp3) is 0.0833. The highest BCUT2D eigenvalue weighted by atomic mass is 32.2. The van der Waals surface area contributed by atoms with Crippen molar-refractivity contribution in [2.24, 2.45) is 0 Å². The maximum Gasteiger partial charge on any atom is 0.117 e. The van der Waals surface area contributed by atoms with Crippen LogP contribution in [0.25, 0.3) is 0 Å². The molecular weight excluding hydrogens is 383 g/mol. The fourth-order valence-electron chi connectivity index (χ4n) is 3.61. The van der Waals surface area contributed by atoms with E-state index in [2.05, 4.69) is 109 Å². The van der Waals surface area contributed by atoms with Crippen LogP contribution < -0.4 is 15.9 Å². The summed E-state index contributed by atoms with van der Waals surface area (Å²) in [4.78, 5) is 2.90. The van der Waals surface area contributed by atoms with Gasteiger partial charge in [0.15, 0.2) is 0 Å². The molecule has 0 nitrogen and oxygen atoms in total. The van der Waals surface area contributed by atoms with Crippen molar-refractivity contribution in [3.8, 4) is 0 Å². The van der Waals surface area contributed by atoms with E-state index in [1.807, 2.05) is 23.1 Å². The number of hydrogen-bond acceptors (Lipinski definition) is 2. The van der Waals surface area contributed by atoms with Gasteiger partial charge in [0.05, 0.1) is 4.88 Å². The molecule has 0 fully saturated rings. The van der Waals surface area contributed by atoms with Gasteiger partial charge in [0, 0.05) is 4.90 Å². The predicted molar refractivity (Wildman–Crippen MR) is 125 cm³/mol. The summed E-state index contributed by atoms with van der Waals surface area (Å²) >= 11 is 3.75. The second-order valence-electron chi connectivity index (χ2n) is 6.39. The molecule has 0 unspecified atom stereocenters. The highest BCUT2D eigenvalue weighted by Crippen LogP contribution is 2.59. The van der Waals surface area contributed by atoms with Crippen LogP contribution in [0.2, 0.25) is 0 Å². The largest absolute Gasteiger partial charge is 0.144 e. The van der Waals surface area contributed by atoms with E-state index in [9.17, 15) is 0 Å². The van der Waals surface area contributed by atoms with Gasteiger partial charge in [-0.1, -0.05) is 54.6 Å². The quantitative estimate of drug-likeness (QED) is 0.282. The molecule has 1 heterocycles. The maximum atomic E-state index is 2.32. The molecule has 0 bridgehead atoms. The minimum atomic E-state index is -1.79. The van der Waals surface area contributed by atoms with Crippen LogP contribution in [0.4, 0.5) is 0 Å². The van der Waals surface area contributed by atoms with Crippen LogP contribution in [0.5, 0.6) is 0 Å². The minimum absolute atomic E-state index is 1.07. The fourth-order valence-corrected chi connectivity index (χ4v) is 10.2. The number of benzene rings is 3. The van der Waals surface area contributed by atoms with Gasteiger partial charge in [0.2, 0.25) is 0 Å². The van der Waals surface area contributed by atoms with Crippen molar-refractivity contribution < 1.29 is 0 Å². The molecule has 0 aliphatic rings. The minimum Gasteiger partial charge on any atom is -0.144 e. The van der Waals surface area contributed by atoms with Gasteiger partial charge in [-0.2, -0.15) is 0 Å². The molecule has 0 spiro atoms. The first-order valence-electron chi connectivity index (χ1n) is 9.00. The Hall–Kier alpha value is -1.86. The number of hydrogen-bond donors (Lipinski definition) is 0. The van der Waals surface area contributed by atoms with E-state index in [-0.39, 0.29) is 0 Å². The summed E-state index contributed by atoms with van der Waals surface area (Å²) in [5, 5.41) is 6.57. The van der Waals surface area contributed by atoms with Crippen molar-refractivity contribution in [1.82, 2.24) is 0 Å². The summed E-state index contributed by atoms with van der Waals surface area (Å²) in [5.74, 6) is 0. The van der Waals surface area contributed by atoms with E-state index in [0.717, 1.165) is 6.16 Å². The normalized spacial score (nSPS) is 11.4. The molecule has 0 aliphatic heterocycles. The van der Waals surface area contributed by atoms with E-state index in [1.54, 1.807) is 0 Å². The molecule has 0 saturated carbocycles. The Morgan fingerprint density at radius 3 is 1.52 bits per heavy atom. The van der Waals surface area contributed by atoms with Crippen LogP contribution in [0, 0.1) is 0 Å². The van der Waals surface area contributed by atoms with E-state index in [0.29, 0.717) is 0 Å². The summed E-state index contributed by atoms with van der Waals surface area (Å²) in [6, 6.07) is 35.6. The number of thioether (sulfide) groups is 1.